The molecule has 1 fully saturated rings. The van der Waals surface area contributed by atoms with Gasteiger partial charge in [-0.25, -0.2) is 8.78 Å². The Labute approximate surface area is 112 Å². The molecule has 1 aliphatic carbocycles. The highest BCUT2D eigenvalue weighted by atomic mass is 79.9. The van der Waals surface area contributed by atoms with Crippen LogP contribution in [0.25, 0.3) is 0 Å². The van der Waals surface area contributed by atoms with E-state index < -0.39 is 28.6 Å². The van der Waals surface area contributed by atoms with Crippen LogP contribution in [0.4, 0.5) is 14.5 Å². The van der Waals surface area contributed by atoms with Crippen LogP contribution in [0.15, 0.2) is 16.6 Å². The van der Waals surface area contributed by atoms with Crippen molar-refractivity contribution in [2.75, 3.05) is 11.9 Å². The zero-order chi connectivity index (χ0) is 13.3. The standard InChI is InChI=1S/C12H13BrF2N2O/c13-7-4-8(14)10(9(15)5-7)17-11(18)12(6-16)2-1-3-12/h4-5H,1-3,6,16H2,(H,17,18). The lowest BCUT2D eigenvalue weighted by atomic mass is 9.68. The van der Waals surface area contributed by atoms with Crippen molar-refractivity contribution in [2.45, 2.75) is 19.3 Å². The molecular formula is C12H13BrF2N2O. The van der Waals surface area contributed by atoms with Crippen LogP contribution in [-0.4, -0.2) is 12.5 Å². The van der Waals surface area contributed by atoms with E-state index in [0.717, 1.165) is 18.6 Å². The van der Waals surface area contributed by atoms with Gasteiger partial charge < -0.3 is 11.1 Å². The number of carbonyl (C=O) groups is 1. The van der Waals surface area contributed by atoms with E-state index in [1.807, 2.05) is 0 Å². The number of hydrogen-bond donors (Lipinski definition) is 2. The van der Waals surface area contributed by atoms with Crippen LogP contribution < -0.4 is 11.1 Å². The molecule has 18 heavy (non-hydrogen) atoms. The summed E-state index contributed by atoms with van der Waals surface area (Å²) in [5, 5.41) is 2.31. The van der Waals surface area contributed by atoms with Crippen molar-refractivity contribution in [1.29, 1.82) is 0 Å². The maximum Gasteiger partial charge on any atom is 0.232 e. The Morgan fingerprint density at radius 3 is 2.33 bits per heavy atom. The minimum absolute atomic E-state index is 0.193. The Bertz CT molecular complexity index is 460. The lowest BCUT2D eigenvalue weighted by Gasteiger charge is -2.39. The number of amides is 1. The maximum absolute atomic E-state index is 13.6. The predicted octanol–water partition coefficient (Wildman–Crippen LogP) is 2.79. The van der Waals surface area contributed by atoms with Gasteiger partial charge in [0, 0.05) is 11.0 Å². The fourth-order valence-electron chi connectivity index (χ4n) is 2.04. The first-order chi connectivity index (χ1) is 8.48. The second-order valence-electron chi connectivity index (χ2n) is 4.54. The Morgan fingerprint density at radius 1 is 1.39 bits per heavy atom. The van der Waals surface area contributed by atoms with Crippen molar-refractivity contribution in [3.63, 3.8) is 0 Å². The quantitative estimate of drug-likeness (QED) is 0.900. The highest BCUT2D eigenvalue weighted by Crippen LogP contribution is 2.41. The Balaban J connectivity index is 2.22. The number of carbonyl (C=O) groups excluding carboxylic acids is 1. The summed E-state index contributed by atoms with van der Waals surface area (Å²) in [6.45, 7) is 0.193. The summed E-state index contributed by atoms with van der Waals surface area (Å²) in [7, 11) is 0. The van der Waals surface area contributed by atoms with Crippen molar-refractivity contribution in [2.24, 2.45) is 11.1 Å². The lowest BCUT2D eigenvalue weighted by molar-refractivity contribution is -0.129. The third-order valence-electron chi connectivity index (χ3n) is 3.43. The largest absolute Gasteiger partial charge is 0.329 e. The van der Waals surface area contributed by atoms with Gasteiger partial charge in [0.05, 0.1) is 5.41 Å². The van der Waals surface area contributed by atoms with E-state index in [4.69, 9.17) is 5.73 Å². The Morgan fingerprint density at radius 2 is 1.94 bits per heavy atom. The van der Waals surface area contributed by atoms with Crippen LogP contribution in [0.5, 0.6) is 0 Å². The molecule has 0 radical (unpaired) electrons. The summed E-state index contributed by atoms with van der Waals surface area (Å²) >= 11 is 2.98. The van der Waals surface area contributed by atoms with Gasteiger partial charge in [0.2, 0.25) is 5.91 Å². The summed E-state index contributed by atoms with van der Waals surface area (Å²) in [4.78, 5) is 12.0. The molecule has 3 nitrogen and oxygen atoms in total. The fourth-order valence-corrected chi connectivity index (χ4v) is 2.44. The number of hydrogen-bond acceptors (Lipinski definition) is 2. The monoisotopic (exact) mass is 318 g/mol. The predicted molar refractivity (Wildman–Crippen MR) is 68.0 cm³/mol. The summed E-state index contributed by atoms with van der Waals surface area (Å²) in [5.74, 6) is -2.01. The second kappa shape index (κ2) is 4.93. The smallest absolute Gasteiger partial charge is 0.232 e. The summed E-state index contributed by atoms with van der Waals surface area (Å²) in [5.41, 5.74) is 4.49. The molecule has 1 saturated carbocycles. The van der Waals surface area contributed by atoms with Crippen molar-refractivity contribution in [3.8, 4) is 0 Å². The molecule has 1 amide bonds. The van der Waals surface area contributed by atoms with E-state index in [1.54, 1.807) is 0 Å². The van der Waals surface area contributed by atoms with Crippen molar-refractivity contribution in [1.82, 2.24) is 0 Å². The molecular weight excluding hydrogens is 306 g/mol. The van der Waals surface area contributed by atoms with Crippen LogP contribution in [0, 0.1) is 17.0 Å². The molecule has 0 bridgehead atoms. The van der Waals surface area contributed by atoms with Crippen LogP contribution in [0.1, 0.15) is 19.3 Å². The third kappa shape index (κ3) is 2.27. The average Bonchev–Trinajstić information content (AvgIpc) is 2.22. The molecule has 0 aromatic heterocycles. The van der Waals surface area contributed by atoms with Crippen LogP contribution in [0.3, 0.4) is 0 Å². The van der Waals surface area contributed by atoms with E-state index >= 15 is 0 Å². The van der Waals surface area contributed by atoms with E-state index in [2.05, 4.69) is 21.2 Å². The zero-order valence-corrected chi connectivity index (χ0v) is 11.2. The highest BCUT2D eigenvalue weighted by Gasteiger charge is 2.43. The highest BCUT2D eigenvalue weighted by molar-refractivity contribution is 9.10. The number of nitrogens with one attached hydrogen (secondary N) is 1. The molecule has 0 spiro atoms. The Hall–Kier alpha value is -1.01. The van der Waals surface area contributed by atoms with E-state index in [1.165, 1.54) is 0 Å². The molecule has 0 saturated heterocycles. The molecule has 6 heteroatoms. The molecule has 1 aromatic rings. The van der Waals surface area contributed by atoms with Crippen LogP contribution in [-0.2, 0) is 4.79 Å². The number of benzene rings is 1. The Kier molecular flexibility index (Phi) is 3.68. The van der Waals surface area contributed by atoms with Gasteiger partial charge in [-0.05, 0) is 25.0 Å². The second-order valence-corrected chi connectivity index (χ2v) is 5.45. The summed E-state index contributed by atoms with van der Waals surface area (Å²) < 4.78 is 27.4. The maximum atomic E-state index is 13.6. The molecule has 0 atom stereocenters. The van der Waals surface area contributed by atoms with Gasteiger partial charge in [0.15, 0.2) is 11.6 Å². The van der Waals surface area contributed by atoms with Gasteiger partial charge in [0.25, 0.3) is 0 Å². The van der Waals surface area contributed by atoms with Crippen molar-refractivity contribution < 1.29 is 13.6 Å². The molecule has 1 aromatic carbocycles. The minimum Gasteiger partial charge on any atom is -0.329 e. The molecule has 1 aliphatic rings. The van der Waals surface area contributed by atoms with Gasteiger partial charge in [-0.2, -0.15) is 0 Å². The van der Waals surface area contributed by atoms with Gasteiger partial charge >= 0.3 is 0 Å². The SMILES string of the molecule is NCC1(C(=O)Nc2c(F)cc(Br)cc2F)CCC1. The third-order valence-corrected chi connectivity index (χ3v) is 3.89. The molecule has 0 aliphatic heterocycles. The number of rotatable bonds is 3. The van der Waals surface area contributed by atoms with Crippen molar-refractivity contribution in [3.05, 3.63) is 28.2 Å². The van der Waals surface area contributed by atoms with Gasteiger partial charge in [-0.15, -0.1) is 0 Å². The minimum atomic E-state index is -0.804. The first-order valence-corrected chi connectivity index (χ1v) is 6.44. The zero-order valence-electron chi connectivity index (χ0n) is 9.60. The van der Waals surface area contributed by atoms with E-state index in [-0.39, 0.29) is 11.0 Å². The van der Waals surface area contributed by atoms with Crippen LogP contribution >= 0.6 is 15.9 Å². The fraction of sp³-hybridized carbons (Fsp3) is 0.417. The lowest BCUT2D eigenvalue weighted by Crippen LogP contribution is -2.47. The first kappa shape index (κ1) is 13.4. The van der Waals surface area contributed by atoms with Gasteiger partial charge in [0.1, 0.15) is 5.69 Å². The molecule has 2 rings (SSSR count). The molecule has 0 heterocycles. The van der Waals surface area contributed by atoms with Gasteiger partial charge in [-0.1, -0.05) is 22.4 Å². The van der Waals surface area contributed by atoms with Gasteiger partial charge in [-0.3, -0.25) is 4.79 Å². The molecule has 0 unspecified atom stereocenters. The number of halogens is 3. The molecule has 3 N–H and O–H groups in total. The normalized spacial score (nSPS) is 17.1. The van der Waals surface area contributed by atoms with E-state index in [9.17, 15) is 13.6 Å². The molecule has 98 valence electrons. The van der Waals surface area contributed by atoms with E-state index in [0.29, 0.717) is 12.8 Å². The summed E-state index contributed by atoms with van der Waals surface area (Å²) in [6.07, 6.45) is 2.24. The number of anilines is 1. The van der Waals surface area contributed by atoms with Crippen molar-refractivity contribution >= 4 is 27.5 Å². The first-order valence-electron chi connectivity index (χ1n) is 5.64. The van der Waals surface area contributed by atoms with Crippen LogP contribution in [0.2, 0.25) is 0 Å². The topological polar surface area (TPSA) is 55.1 Å². The number of nitrogens with two attached hydrogens (primary N) is 1. The summed E-state index contributed by atoms with van der Waals surface area (Å²) in [6, 6.07) is 2.21. The average molecular weight is 319 g/mol.